The Bertz CT molecular complexity index is 508. The highest BCUT2D eigenvalue weighted by atomic mass is 19.1. The molecule has 0 atom stereocenters. The minimum atomic E-state index is -0.316. The Morgan fingerprint density at radius 2 is 2.18 bits per heavy atom. The number of aryl methyl sites for hydroxylation is 1. The van der Waals surface area contributed by atoms with Gasteiger partial charge in [0.1, 0.15) is 23.9 Å². The number of nitrogens with two attached hydrogens (primary N) is 1. The highest BCUT2D eigenvalue weighted by Gasteiger charge is 2.07. The molecule has 0 bridgehead atoms. The SMILES string of the molecule is Cc1ccc(F)cc1OCc1occc1CN. The molecule has 90 valence electrons. The standard InChI is InChI=1S/C13H14FNO2/c1-9-2-3-11(14)6-12(9)17-8-13-10(7-15)4-5-16-13/h2-6H,7-8,15H2,1H3. The highest BCUT2D eigenvalue weighted by Crippen LogP contribution is 2.21. The molecular weight excluding hydrogens is 221 g/mol. The van der Waals surface area contributed by atoms with Crippen LogP contribution in [-0.2, 0) is 13.2 Å². The van der Waals surface area contributed by atoms with E-state index in [9.17, 15) is 4.39 Å². The Morgan fingerprint density at radius 3 is 2.94 bits per heavy atom. The Morgan fingerprint density at radius 1 is 1.35 bits per heavy atom. The number of ether oxygens (including phenoxy) is 1. The molecule has 0 aliphatic carbocycles. The normalized spacial score (nSPS) is 10.5. The zero-order valence-corrected chi connectivity index (χ0v) is 9.57. The Kier molecular flexibility index (Phi) is 3.44. The van der Waals surface area contributed by atoms with Crippen molar-refractivity contribution >= 4 is 0 Å². The van der Waals surface area contributed by atoms with E-state index in [0.717, 1.165) is 11.1 Å². The van der Waals surface area contributed by atoms with Gasteiger partial charge >= 0.3 is 0 Å². The van der Waals surface area contributed by atoms with Gasteiger partial charge in [0.2, 0.25) is 0 Å². The average Bonchev–Trinajstić information content (AvgIpc) is 2.77. The van der Waals surface area contributed by atoms with Gasteiger partial charge in [-0.15, -0.1) is 0 Å². The van der Waals surface area contributed by atoms with Crippen molar-refractivity contribution in [3.63, 3.8) is 0 Å². The van der Waals surface area contributed by atoms with E-state index in [1.807, 2.05) is 6.92 Å². The maximum absolute atomic E-state index is 13.0. The zero-order chi connectivity index (χ0) is 12.3. The third-order valence-corrected chi connectivity index (χ3v) is 2.57. The van der Waals surface area contributed by atoms with Crippen LogP contribution in [-0.4, -0.2) is 0 Å². The van der Waals surface area contributed by atoms with E-state index in [0.29, 0.717) is 18.1 Å². The largest absolute Gasteiger partial charge is 0.485 e. The van der Waals surface area contributed by atoms with E-state index in [1.165, 1.54) is 12.1 Å². The van der Waals surface area contributed by atoms with E-state index < -0.39 is 0 Å². The number of rotatable bonds is 4. The van der Waals surface area contributed by atoms with Gasteiger partial charge in [-0.1, -0.05) is 6.07 Å². The van der Waals surface area contributed by atoms with Gasteiger partial charge in [0.15, 0.2) is 0 Å². The number of hydrogen-bond donors (Lipinski definition) is 1. The maximum Gasteiger partial charge on any atom is 0.146 e. The van der Waals surface area contributed by atoms with Gasteiger partial charge in [-0.25, -0.2) is 4.39 Å². The fourth-order valence-corrected chi connectivity index (χ4v) is 1.55. The van der Waals surface area contributed by atoms with E-state index in [1.54, 1.807) is 18.4 Å². The molecule has 3 nitrogen and oxygen atoms in total. The third kappa shape index (κ3) is 2.65. The van der Waals surface area contributed by atoms with Crippen LogP contribution < -0.4 is 10.5 Å². The Labute approximate surface area is 99.0 Å². The topological polar surface area (TPSA) is 48.4 Å². The van der Waals surface area contributed by atoms with Crippen LogP contribution in [0.3, 0.4) is 0 Å². The quantitative estimate of drug-likeness (QED) is 0.886. The Balaban J connectivity index is 2.09. The van der Waals surface area contributed by atoms with E-state index >= 15 is 0 Å². The van der Waals surface area contributed by atoms with Gasteiger partial charge in [-0.05, 0) is 24.6 Å². The van der Waals surface area contributed by atoms with Crippen LogP contribution in [0.15, 0.2) is 34.9 Å². The molecule has 0 saturated carbocycles. The van der Waals surface area contributed by atoms with Crippen LogP contribution in [0.1, 0.15) is 16.9 Å². The molecule has 2 rings (SSSR count). The summed E-state index contributed by atoms with van der Waals surface area (Å²) in [6.07, 6.45) is 1.57. The molecule has 0 unspecified atom stereocenters. The van der Waals surface area contributed by atoms with Crippen molar-refractivity contribution in [2.45, 2.75) is 20.1 Å². The van der Waals surface area contributed by atoms with Crippen molar-refractivity contribution in [2.75, 3.05) is 0 Å². The molecule has 0 fully saturated rings. The first kappa shape index (κ1) is 11.7. The van der Waals surface area contributed by atoms with E-state index in [2.05, 4.69) is 0 Å². The minimum absolute atomic E-state index is 0.254. The summed E-state index contributed by atoms with van der Waals surface area (Å²) in [6, 6.07) is 6.24. The number of halogens is 1. The second-order valence-corrected chi connectivity index (χ2v) is 3.77. The fourth-order valence-electron chi connectivity index (χ4n) is 1.55. The summed E-state index contributed by atoms with van der Waals surface area (Å²) in [6.45, 7) is 2.52. The first-order valence-electron chi connectivity index (χ1n) is 5.35. The van der Waals surface area contributed by atoms with Crippen molar-refractivity contribution in [2.24, 2.45) is 5.73 Å². The van der Waals surface area contributed by atoms with Gasteiger partial charge in [0.05, 0.1) is 6.26 Å². The molecule has 4 heteroatoms. The van der Waals surface area contributed by atoms with Gasteiger partial charge in [0.25, 0.3) is 0 Å². The summed E-state index contributed by atoms with van der Waals surface area (Å²) >= 11 is 0. The lowest BCUT2D eigenvalue weighted by Gasteiger charge is -2.08. The summed E-state index contributed by atoms with van der Waals surface area (Å²) in [5.74, 6) is 0.879. The van der Waals surface area contributed by atoms with E-state index in [-0.39, 0.29) is 12.4 Å². The first-order chi connectivity index (χ1) is 8.20. The van der Waals surface area contributed by atoms with Crippen molar-refractivity contribution in [3.05, 3.63) is 53.2 Å². The summed E-state index contributed by atoms with van der Waals surface area (Å²) in [4.78, 5) is 0. The maximum atomic E-state index is 13.0. The molecule has 1 aromatic heterocycles. The van der Waals surface area contributed by atoms with Gasteiger partial charge < -0.3 is 14.9 Å². The van der Waals surface area contributed by atoms with Crippen molar-refractivity contribution in [1.82, 2.24) is 0 Å². The molecular formula is C13H14FNO2. The third-order valence-electron chi connectivity index (χ3n) is 2.57. The van der Waals surface area contributed by atoms with Crippen LogP contribution in [0.5, 0.6) is 5.75 Å². The summed E-state index contributed by atoms with van der Waals surface area (Å²) < 4.78 is 23.8. The van der Waals surface area contributed by atoms with Crippen molar-refractivity contribution in [3.8, 4) is 5.75 Å². The van der Waals surface area contributed by atoms with Crippen molar-refractivity contribution < 1.29 is 13.5 Å². The fraction of sp³-hybridized carbons (Fsp3) is 0.231. The van der Waals surface area contributed by atoms with E-state index in [4.69, 9.17) is 14.9 Å². The lowest BCUT2D eigenvalue weighted by molar-refractivity contribution is 0.266. The number of benzene rings is 1. The molecule has 0 radical (unpaired) electrons. The van der Waals surface area contributed by atoms with Crippen LogP contribution in [0, 0.1) is 12.7 Å². The van der Waals surface area contributed by atoms with Crippen LogP contribution >= 0.6 is 0 Å². The van der Waals surface area contributed by atoms with Gasteiger partial charge in [-0.2, -0.15) is 0 Å². The second-order valence-electron chi connectivity index (χ2n) is 3.77. The first-order valence-corrected chi connectivity index (χ1v) is 5.35. The number of hydrogen-bond acceptors (Lipinski definition) is 3. The van der Waals surface area contributed by atoms with Crippen LogP contribution in [0.4, 0.5) is 4.39 Å². The molecule has 17 heavy (non-hydrogen) atoms. The molecule has 2 aromatic rings. The number of furan rings is 1. The monoisotopic (exact) mass is 235 g/mol. The molecule has 0 saturated heterocycles. The Hall–Kier alpha value is -1.81. The molecule has 0 aliphatic heterocycles. The highest BCUT2D eigenvalue weighted by molar-refractivity contribution is 5.32. The summed E-state index contributed by atoms with van der Waals surface area (Å²) in [5.41, 5.74) is 7.33. The lowest BCUT2D eigenvalue weighted by atomic mass is 10.2. The molecule has 0 amide bonds. The predicted octanol–water partition coefficient (Wildman–Crippen LogP) is 2.76. The smallest absolute Gasteiger partial charge is 0.146 e. The molecule has 0 aliphatic rings. The van der Waals surface area contributed by atoms with Crippen LogP contribution in [0.2, 0.25) is 0 Å². The summed E-state index contributed by atoms with van der Waals surface area (Å²) in [5, 5.41) is 0. The molecule has 1 heterocycles. The minimum Gasteiger partial charge on any atom is -0.485 e. The van der Waals surface area contributed by atoms with Gasteiger partial charge in [0, 0.05) is 18.2 Å². The van der Waals surface area contributed by atoms with Gasteiger partial charge in [-0.3, -0.25) is 0 Å². The molecule has 0 spiro atoms. The average molecular weight is 235 g/mol. The summed E-state index contributed by atoms with van der Waals surface area (Å²) in [7, 11) is 0. The second kappa shape index (κ2) is 5.01. The van der Waals surface area contributed by atoms with Crippen molar-refractivity contribution in [1.29, 1.82) is 0 Å². The zero-order valence-electron chi connectivity index (χ0n) is 9.57. The lowest BCUT2D eigenvalue weighted by Crippen LogP contribution is -2.02. The molecule has 1 aromatic carbocycles. The molecule has 2 N–H and O–H groups in total. The van der Waals surface area contributed by atoms with Crippen LogP contribution in [0.25, 0.3) is 0 Å². The predicted molar refractivity (Wildman–Crippen MR) is 62.1 cm³/mol.